The van der Waals surface area contributed by atoms with Crippen molar-refractivity contribution in [1.29, 1.82) is 0 Å². The van der Waals surface area contributed by atoms with E-state index in [9.17, 15) is 0 Å². The van der Waals surface area contributed by atoms with Crippen molar-refractivity contribution in [2.24, 2.45) is 7.05 Å². The zero-order chi connectivity index (χ0) is 20.2. The van der Waals surface area contributed by atoms with Gasteiger partial charge >= 0.3 is 0 Å². The summed E-state index contributed by atoms with van der Waals surface area (Å²) >= 11 is 0. The van der Waals surface area contributed by atoms with Gasteiger partial charge in [0.05, 0.1) is 12.8 Å². The molecule has 4 aromatic rings. The average Bonchev–Trinajstić information content (AvgIpc) is 3.10. The fourth-order valence-corrected chi connectivity index (χ4v) is 4.00. The van der Waals surface area contributed by atoms with Crippen molar-refractivity contribution in [2.75, 3.05) is 7.11 Å². The lowest BCUT2D eigenvalue weighted by Gasteiger charge is -2.11. The number of aryl methyl sites for hydroxylation is 2. The molecule has 0 spiro atoms. The Balaban J connectivity index is 1.85. The number of hydrogen-bond donors (Lipinski definition) is 0. The second-order valence-corrected chi connectivity index (χ2v) is 7.43. The van der Waals surface area contributed by atoms with Crippen molar-refractivity contribution in [2.45, 2.75) is 19.8 Å². The van der Waals surface area contributed by atoms with Gasteiger partial charge in [0.25, 0.3) is 0 Å². The smallest absolute Gasteiger partial charge is 0.119 e. The van der Waals surface area contributed by atoms with Gasteiger partial charge in [-0.1, -0.05) is 73.7 Å². The van der Waals surface area contributed by atoms with E-state index in [0.717, 1.165) is 18.6 Å². The molecule has 29 heavy (non-hydrogen) atoms. The van der Waals surface area contributed by atoms with Crippen LogP contribution in [0.2, 0.25) is 0 Å². The molecule has 2 nitrogen and oxygen atoms in total. The fraction of sp³-hybridized carbons (Fsp3) is 0.185. The molecule has 0 bridgehead atoms. The Labute approximate surface area is 173 Å². The van der Waals surface area contributed by atoms with Gasteiger partial charge in [0.15, 0.2) is 0 Å². The molecule has 2 heteroatoms. The molecular formula is C27H27NO. The van der Waals surface area contributed by atoms with E-state index < -0.39 is 0 Å². The summed E-state index contributed by atoms with van der Waals surface area (Å²) in [6.45, 7) is 2.19. The second-order valence-electron chi connectivity index (χ2n) is 7.43. The van der Waals surface area contributed by atoms with Crippen molar-refractivity contribution in [3.05, 3.63) is 102 Å². The fourth-order valence-electron chi connectivity index (χ4n) is 4.00. The molecule has 0 amide bonds. The maximum Gasteiger partial charge on any atom is 0.119 e. The highest BCUT2D eigenvalue weighted by atomic mass is 16.5. The first-order valence-corrected chi connectivity index (χ1v) is 10.2. The molecule has 0 saturated carbocycles. The van der Waals surface area contributed by atoms with Crippen molar-refractivity contribution in [3.63, 3.8) is 0 Å². The van der Waals surface area contributed by atoms with Gasteiger partial charge in [0, 0.05) is 18.8 Å². The predicted octanol–water partition coefficient (Wildman–Crippen LogP) is 6.52. The second kappa shape index (κ2) is 8.40. The van der Waals surface area contributed by atoms with Crippen LogP contribution in [0.15, 0.2) is 85.1 Å². The van der Waals surface area contributed by atoms with Gasteiger partial charge in [-0.3, -0.25) is 0 Å². The molecule has 0 aliphatic carbocycles. The number of ether oxygens (including phenoxy) is 1. The number of aromatic nitrogens is 1. The summed E-state index contributed by atoms with van der Waals surface area (Å²) in [6.07, 6.45) is 4.19. The Kier molecular flexibility index (Phi) is 5.53. The van der Waals surface area contributed by atoms with Crippen LogP contribution in [0.1, 0.15) is 23.6 Å². The van der Waals surface area contributed by atoms with Gasteiger partial charge in [-0.2, -0.15) is 0 Å². The van der Waals surface area contributed by atoms with Gasteiger partial charge in [-0.15, -0.1) is 0 Å². The normalized spacial score (nSPS) is 10.9. The molecule has 0 saturated heterocycles. The molecular weight excluding hydrogens is 354 g/mol. The number of rotatable bonds is 6. The van der Waals surface area contributed by atoms with Crippen LogP contribution in [0.5, 0.6) is 5.75 Å². The van der Waals surface area contributed by atoms with Crippen LogP contribution in [-0.4, -0.2) is 11.7 Å². The monoisotopic (exact) mass is 381 g/mol. The van der Waals surface area contributed by atoms with Crippen LogP contribution in [-0.2, 0) is 19.9 Å². The van der Waals surface area contributed by atoms with Crippen molar-refractivity contribution < 1.29 is 4.74 Å². The SMILES string of the molecule is CCc1ccc(-c2c(-c3ccccc3)c(Cc3cccc(OC)c3)cn2C)cc1. The third-order valence-corrected chi connectivity index (χ3v) is 5.49. The van der Waals surface area contributed by atoms with E-state index in [1.54, 1.807) is 7.11 Å². The van der Waals surface area contributed by atoms with Gasteiger partial charge in [-0.25, -0.2) is 0 Å². The summed E-state index contributed by atoms with van der Waals surface area (Å²) in [5.41, 5.74) is 9.00. The molecule has 0 fully saturated rings. The van der Waals surface area contributed by atoms with Gasteiger partial charge in [0.1, 0.15) is 5.75 Å². The Morgan fingerprint density at radius 2 is 1.55 bits per heavy atom. The van der Waals surface area contributed by atoms with E-state index in [2.05, 4.69) is 97.5 Å². The van der Waals surface area contributed by atoms with E-state index in [1.165, 1.54) is 39.1 Å². The molecule has 0 N–H and O–H groups in total. The summed E-state index contributed by atoms with van der Waals surface area (Å²) in [7, 11) is 3.86. The minimum atomic E-state index is 0.863. The topological polar surface area (TPSA) is 14.2 Å². The minimum absolute atomic E-state index is 0.863. The molecule has 1 heterocycles. The van der Waals surface area contributed by atoms with Crippen LogP contribution in [0.4, 0.5) is 0 Å². The lowest BCUT2D eigenvalue weighted by molar-refractivity contribution is 0.414. The summed E-state index contributed by atoms with van der Waals surface area (Å²) in [6, 6.07) is 28.0. The third-order valence-electron chi connectivity index (χ3n) is 5.49. The van der Waals surface area contributed by atoms with Crippen LogP contribution in [0.3, 0.4) is 0 Å². The zero-order valence-corrected chi connectivity index (χ0v) is 17.4. The first-order chi connectivity index (χ1) is 14.2. The highest BCUT2D eigenvalue weighted by Gasteiger charge is 2.18. The van der Waals surface area contributed by atoms with Gasteiger partial charge < -0.3 is 9.30 Å². The summed E-state index contributed by atoms with van der Waals surface area (Å²) in [5.74, 6) is 0.898. The van der Waals surface area contributed by atoms with Crippen molar-refractivity contribution in [1.82, 2.24) is 4.57 Å². The molecule has 0 unspecified atom stereocenters. The summed E-state index contributed by atoms with van der Waals surface area (Å²) < 4.78 is 7.68. The Hall–Kier alpha value is -3.26. The van der Waals surface area contributed by atoms with Crippen LogP contribution >= 0.6 is 0 Å². The lowest BCUT2D eigenvalue weighted by atomic mass is 9.94. The minimum Gasteiger partial charge on any atom is -0.497 e. The summed E-state index contributed by atoms with van der Waals surface area (Å²) in [5, 5.41) is 0. The quantitative estimate of drug-likeness (QED) is 0.371. The standard InChI is InChI=1S/C27H27NO/c1-4-20-13-15-23(16-14-20)27-26(22-10-6-5-7-11-22)24(19-28(27)2)17-21-9-8-12-25(18-21)29-3/h5-16,18-19H,4,17H2,1-3H3. The third kappa shape index (κ3) is 3.97. The first kappa shape index (κ1) is 19.1. The predicted molar refractivity (Wildman–Crippen MR) is 121 cm³/mol. The van der Waals surface area contributed by atoms with E-state index in [0.29, 0.717) is 0 Å². The van der Waals surface area contributed by atoms with Crippen LogP contribution < -0.4 is 4.74 Å². The summed E-state index contributed by atoms with van der Waals surface area (Å²) in [4.78, 5) is 0. The molecule has 4 rings (SSSR count). The van der Waals surface area contributed by atoms with Crippen LogP contribution in [0.25, 0.3) is 22.4 Å². The molecule has 0 atom stereocenters. The lowest BCUT2D eigenvalue weighted by Crippen LogP contribution is -1.93. The molecule has 1 aromatic heterocycles. The zero-order valence-electron chi connectivity index (χ0n) is 17.4. The van der Waals surface area contributed by atoms with Crippen LogP contribution in [0, 0.1) is 0 Å². The highest BCUT2D eigenvalue weighted by Crippen LogP contribution is 2.37. The largest absolute Gasteiger partial charge is 0.497 e. The van der Waals surface area contributed by atoms with Crippen molar-refractivity contribution in [3.8, 4) is 28.1 Å². The molecule has 146 valence electrons. The number of benzene rings is 3. The van der Waals surface area contributed by atoms with Gasteiger partial charge in [0.2, 0.25) is 0 Å². The highest BCUT2D eigenvalue weighted by molar-refractivity contribution is 5.84. The van der Waals surface area contributed by atoms with E-state index in [1.807, 2.05) is 6.07 Å². The first-order valence-electron chi connectivity index (χ1n) is 10.2. The van der Waals surface area contributed by atoms with Gasteiger partial charge in [-0.05, 0) is 52.8 Å². The van der Waals surface area contributed by atoms with E-state index in [-0.39, 0.29) is 0 Å². The average molecular weight is 382 g/mol. The number of nitrogens with zero attached hydrogens (tertiary/aromatic N) is 1. The Bertz CT molecular complexity index is 1090. The molecule has 0 aliphatic heterocycles. The number of hydrogen-bond acceptors (Lipinski definition) is 1. The Morgan fingerprint density at radius 1 is 0.793 bits per heavy atom. The van der Waals surface area contributed by atoms with Crippen molar-refractivity contribution >= 4 is 0 Å². The molecule has 0 radical (unpaired) electrons. The Morgan fingerprint density at radius 3 is 2.24 bits per heavy atom. The maximum absolute atomic E-state index is 5.42. The maximum atomic E-state index is 5.42. The molecule has 3 aromatic carbocycles. The van der Waals surface area contributed by atoms with E-state index >= 15 is 0 Å². The van der Waals surface area contributed by atoms with E-state index in [4.69, 9.17) is 4.74 Å². The molecule has 0 aliphatic rings. The number of methoxy groups -OCH3 is 1.